The highest BCUT2D eigenvalue weighted by molar-refractivity contribution is 8.26. The second-order valence-corrected chi connectivity index (χ2v) is 7.42. The summed E-state index contributed by atoms with van der Waals surface area (Å²) >= 11 is 12.1. The number of rotatable bonds is 4. The molecule has 0 spiro atoms. The van der Waals surface area contributed by atoms with E-state index < -0.39 is 23.7 Å². The molecule has 0 bridgehead atoms. The van der Waals surface area contributed by atoms with Gasteiger partial charge < -0.3 is 5.11 Å². The summed E-state index contributed by atoms with van der Waals surface area (Å²) < 4.78 is 14.1. The third kappa shape index (κ3) is 3.51. The first-order valence-electron chi connectivity index (χ1n) is 7.39. The van der Waals surface area contributed by atoms with Crippen LogP contribution < -0.4 is 0 Å². The van der Waals surface area contributed by atoms with E-state index in [0.29, 0.717) is 5.56 Å². The van der Waals surface area contributed by atoms with E-state index in [2.05, 4.69) is 0 Å². The van der Waals surface area contributed by atoms with Crippen LogP contribution in [-0.2, 0) is 9.59 Å². The minimum Gasteiger partial charge on any atom is -0.479 e. The fourth-order valence-corrected chi connectivity index (χ4v) is 4.03. The quantitative estimate of drug-likeness (QED) is 0.597. The van der Waals surface area contributed by atoms with E-state index in [1.165, 1.54) is 24.3 Å². The summed E-state index contributed by atoms with van der Waals surface area (Å²) in [5.74, 6) is -2.39. The van der Waals surface area contributed by atoms with Crippen molar-refractivity contribution in [1.29, 1.82) is 0 Å². The minimum absolute atomic E-state index is 0.0567. The second kappa shape index (κ2) is 7.57. The van der Waals surface area contributed by atoms with Crippen LogP contribution in [0.15, 0.2) is 53.4 Å². The number of hydrogen-bond donors (Lipinski definition) is 1. The molecule has 1 amide bonds. The van der Waals surface area contributed by atoms with Gasteiger partial charge in [0, 0.05) is 5.56 Å². The normalized spacial score (nSPS) is 17.0. The first-order chi connectivity index (χ1) is 12.4. The molecule has 1 aliphatic rings. The molecular formula is C18H11ClFNO3S2. The van der Waals surface area contributed by atoms with E-state index in [1.54, 1.807) is 30.3 Å². The number of halogens is 2. The first-order valence-corrected chi connectivity index (χ1v) is 8.99. The van der Waals surface area contributed by atoms with Gasteiger partial charge in [0.25, 0.3) is 5.91 Å². The molecule has 1 aliphatic heterocycles. The largest absolute Gasteiger partial charge is 0.479 e. The lowest BCUT2D eigenvalue weighted by Gasteiger charge is -2.23. The zero-order valence-electron chi connectivity index (χ0n) is 13.1. The smallest absolute Gasteiger partial charge is 0.331 e. The number of benzene rings is 2. The number of aliphatic carboxylic acids is 1. The summed E-state index contributed by atoms with van der Waals surface area (Å²) in [6, 6.07) is 11.2. The Morgan fingerprint density at radius 1 is 1.23 bits per heavy atom. The number of carboxylic acids is 1. The van der Waals surface area contributed by atoms with Crippen LogP contribution in [0.1, 0.15) is 17.2 Å². The van der Waals surface area contributed by atoms with E-state index in [0.717, 1.165) is 16.7 Å². The van der Waals surface area contributed by atoms with Crippen LogP contribution in [0.25, 0.3) is 6.08 Å². The summed E-state index contributed by atoms with van der Waals surface area (Å²) in [6.45, 7) is 0. The number of carbonyl (C=O) groups excluding carboxylic acids is 1. The first kappa shape index (κ1) is 18.6. The van der Waals surface area contributed by atoms with Gasteiger partial charge in [0.05, 0.1) is 9.93 Å². The van der Waals surface area contributed by atoms with Gasteiger partial charge in [0.15, 0.2) is 6.04 Å². The van der Waals surface area contributed by atoms with Crippen LogP contribution in [-0.4, -0.2) is 26.2 Å². The lowest BCUT2D eigenvalue weighted by atomic mass is 10.1. The van der Waals surface area contributed by atoms with Gasteiger partial charge in [-0.15, -0.1) is 0 Å². The molecule has 1 heterocycles. The number of carbonyl (C=O) groups is 2. The minimum atomic E-state index is -1.26. The summed E-state index contributed by atoms with van der Waals surface area (Å²) in [4.78, 5) is 25.7. The van der Waals surface area contributed by atoms with Gasteiger partial charge in [0.2, 0.25) is 0 Å². The number of thiocarbonyl (C=S) groups is 1. The van der Waals surface area contributed by atoms with Gasteiger partial charge in [-0.25, -0.2) is 9.18 Å². The second-order valence-electron chi connectivity index (χ2n) is 5.34. The molecule has 4 nitrogen and oxygen atoms in total. The molecule has 0 aromatic heterocycles. The molecule has 132 valence electrons. The molecule has 2 aromatic rings. The maximum Gasteiger partial charge on any atom is 0.331 e. The van der Waals surface area contributed by atoms with Gasteiger partial charge >= 0.3 is 5.97 Å². The van der Waals surface area contributed by atoms with Crippen LogP contribution in [0.3, 0.4) is 0 Å². The van der Waals surface area contributed by atoms with Crippen molar-refractivity contribution in [3.8, 4) is 0 Å². The van der Waals surface area contributed by atoms with Crippen LogP contribution in [0.4, 0.5) is 4.39 Å². The molecule has 2 aromatic carbocycles. The van der Waals surface area contributed by atoms with E-state index in [-0.39, 0.29) is 19.8 Å². The molecule has 1 N–H and O–H groups in total. The van der Waals surface area contributed by atoms with E-state index in [4.69, 9.17) is 23.8 Å². The number of hydrogen-bond acceptors (Lipinski definition) is 4. The van der Waals surface area contributed by atoms with Crippen molar-refractivity contribution in [2.45, 2.75) is 6.04 Å². The highest BCUT2D eigenvalue weighted by Crippen LogP contribution is 2.39. The summed E-state index contributed by atoms with van der Waals surface area (Å²) in [5, 5.41) is 9.77. The molecule has 1 saturated heterocycles. The molecule has 0 aliphatic carbocycles. The van der Waals surface area contributed by atoms with Gasteiger partial charge in [-0.3, -0.25) is 9.69 Å². The number of carboxylic acid groups (broad SMARTS) is 1. The van der Waals surface area contributed by atoms with Crippen molar-refractivity contribution in [2.75, 3.05) is 0 Å². The Hall–Kier alpha value is -2.22. The van der Waals surface area contributed by atoms with Gasteiger partial charge in [-0.2, -0.15) is 0 Å². The Kier molecular flexibility index (Phi) is 5.41. The maximum atomic E-state index is 14.0. The number of nitrogens with zero attached hydrogens (tertiary/aromatic N) is 1. The average molecular weight is 408 g/mol. The molecular weight excluding hydrogens is 397 g/mol. The van der Waals surface area contributed by atoms with E-state index >= 15 is 0 Å². The highest BCUT2D eigenvalue weighted by Gasteiger charge is 2.41. The zero-order chi connectivity index (χ0) is 18.8. The molecule has 26 heavy (non-hydrogen) atoms. The standard InChI is InChI=1S/C18H11ClFNO3S2/c19-12-7-4-8-13(20)11(12)9-14-16(22)21(18(25)26-14)15(17(23)24)10-5-2-1-3-6-10/h1-9,15H,(H,23,24)/b14-9-/t15-/m1/s1. The highest BCUT2D eigenvalue weighted by atomic mass is 35.5. The molecule has 0 saturated carbocycles. The van der Waals surface area contributed by atoms with E-state index in [9.17, 15) is 19.1 Å². The molecule has 1 atom stereocenters. The lowest BCUT2D eigenvalue weighted by molar-refractivity contribution is -0.145. The van der Waals surface area contributed by atoms with Crippen LogP contribution in [0, 0.1) is 5.82 Å². The Morgan fingerprint density at radius 2 is 1.92 bits per heavy atom. The monoisotopic (exact) mass is 407 g/mol. The van der Waals surface area contributed by atoms with Crippen LogP contribution in [0.5, 0.6) is 0 Å². The molecule has 0 radical (unpaired) electrons. The Balaban J connectivity index is 2.01. The summed E-state index contributed by atoms with van der Waals surface area (Å²) in [5.41, 5.74) is 0.475. The third-order valence-corrected chi connectivity index (χ3v) is 5.37. The topological polar surface area (TPSA) is 57.6 Å². The summed E-state index contributed by atoms with van der Waals surface area (Å²) in [7, 11) is 0. The van der Waals surface area contributed by atoms with Crippen LogP contribution >= 0.6 is 35.6 Å². The fourth-order valence-electron chi connectivity index (χ4n) is 2.52. The zero-order valence-corrected chi connectivity index (χ0v) is 15.4. The third-order valence-electron chi connectivity index (χ3n) is 3.71. The Labute approximate surface area is 163 Å². The SMILES string of the molecule is O=C(O)[C@@H](c1ccccc1)N1C(=O)/C(=C/c2c(F)cccc2Cl)SC1=S. The molecule has 3 rings (SSSR count). The van der Waals surface area contributed by atoms with Crippen molar-refractivity contribution in [1.82, 2.24) is 4.90 Å². The molecule has 8 heteroatoms. The maximum absolute atomic E-state index is 14.0. The van der Waals surface area contributed by atoms with Gasteiger partial charge in [0.1, 0.15) is 10.1 Å². The number of thioether (sulfide) groups is 1. The molecule has 1 fully saturated rings. The van der Waals surface area contributed by atoms with Crippen molar-refractivity contribution in [3.63, 3.8) is 0 Å². The Bertz CT molecular complexity index is 913. The fraction of sp³-hybridized carbons (Fsp3) is 0.0556. The Morgan fingerprint density at radius 3 is 2.54 bits per heavy atom. The van der Waals surface area contributed by atoms with Crippen LogP contribution in [0.2, 0.25) is 5.02 Å². The average Bonchev–Trinajstić information content (AvgIpc) is 2.87. The van der Waals surface area contributed by atoms with Gasteiger partial charge in [-0.1, -0.05) is 72.0 Å². The van der Waals surface area contributed by atoms with Gasteiger partial charge in [-0.05, 0) is 23.8 Å². The predicted octanol–water partition coefficient (Wildman–Crippen LogP) is 4.51. The van der Waals surface area contributed by atoms with Crippen molar-refractivity contribution < 1.29 is 19.1 Å². The predicted molar refractivity (Wildman–Crippen MR) is 103 cm³/mol. The summed E-state index contributed by atoms with van der Waals surface area (Å²) in [6.07, 6.45) is 1.29. The van der Waals surface area contributed by atoms with E-state index in [1.807, 2.05) is 0 Å². The van der Waals surface area contributed by atoms with Crippen molar-refractivity contribution in [2.24, 2.45) is 0 Å². The number of amides is 1. The lowest BCUT2D eigenvalue weighted by Crippen LogP contribution is -2.37. The van der Waals surface area contributed by atoms with Crippen molar-refractivity contribution in [3.05, 3.63) is 75.4 Å². The van der Waals surface area contributed by atoms with Crippen molar-refractivity contribution >= 4 is 57.9 Å². The molecule has 0 unspecified atom stereocenters.